The third kappa shape index (κ3) is 4.22. The summed E-state index contributed by atoms with van der Waals surface area (Å²) in [5, 5.41) is 0.721. The van der Waals surface area contributed by atoms with Gasteiger partial charge in [0, 0.05) is 30.1 Å². The molecule has 1 atom stereocenters. The van der Waals surface area contributed by atoms with E-state index in [1.165, 1.54) is 11.3 Å². The van der Waals surface area contributed by atoms with Gasteiger partial charge in [-0.15, -0.1) is 0 Å². The van der Waals surface area contributed by atoms with Crippen molar-refractivity contribution in [2.45, 2.75) is 38.6 Å². The molecule has 154 valence electrons. The van der Waals surface area contributed by atoms with Gasteiger partial charge in [0.25, 0.3) is 0 Å². The first kappa shape index (κ1) is 20.5. The van der Waals surface area contributed by atoms with E-state index in [2.05, 4.69) is 49.8 Å². The van der Waals surface area contributed by atoms with Crippen molar-refractivity contribution >= 4 is 29.2 Å². The Labute approximate surface area is 184 Å². The highest BCUT2D eigenvalue weighted by atomic mass is 35.5. The summed E-state index contributed by atoms with van der Waals surface area (Å²) in [6.45, 7) is 6.84. The van der Waals surface area contributed by atoms with Crippen LogP contribution in [0, 0.1) is 0 Å². The second-order valence-corrected chi connectivity index (χ2v) is 8.98. The van der Waals surface area contributed by atoms with Gasteiger partial charge in [0.15, 0.2) is 0 Å². The molecule has 4 rings (SSSR count). The average Bonchev–Trinajstić information content (AvgIpc) is 2.72. The standard InChI is InChI=1S/C26H27ClN2O/c1-18-16-26(2,3)29(4)25-15-24(27)19(14-23(18)25)17-28-20-10-12-22(13-11-20)30-21-8-6-5-7-9-21/h5-15,17-18H,16H2,1-4H3/t18-/m0/s1. The molecule has 0 bridgehead atoms. The van der Waals surface area contributed by atoms with Gasteiger partial charge in [-0.2, -0.15) is 0 Å². The van der Waals surface area contributed by atoms with Crippen molar-refractivity contribution in [2.75, 3.05) is 11.9 Å². The topological polar surface area (TPSA) is 24.8 Å². The average molecular weight is 419 g/mol. The molecule has 30 heavy (non-hydrogen) atoms. The maximum Gasteiger partial charge on any atom is 0.127 e. The molecule has 0 saturated heterocycles. The largest absolute Gasteiger partial charge is 0.457 e. The van der Waals surface area contributed by atoms with Crippen LogP contribution in [0.4, 0.5) is 11.4 Å². The van der Waals surface area contributed by atoms with E-state index < -0.39 is 0 Å². The molecular formula is C26H27ClN2O. The third-order valence-electron chi connectivity index (χ3n) is 5.92. The molecular weight excluding hydrogens is 392 g/mol. The lowest BCUT2D eigenvalue weighted by molar-refractivity contribution is 0.395. The van der Waals surface area contributed by atoms with Gasteiger partial charge in [0.05, 0.1) is 10.7 Å². The van der Waals surface area contributed by atoms with Crippen LogP contribution >= 0.6 is 11.6 Å². The number of para-hydroxylation sites is 1. The van der Waals surface area contributed by atoms with Crippen molar-refractivity contribution in [3.8, 4) is 11.5 Å². The first-order chi connectivity index (χ1) is 14.3. The van der Waals surface area contributed by atoms with Gasteiger partial charge in [-0.3, -0.25) is 4.99 Å². The lowest BCUT2D eigenvalue weighted by Crippen LogP contribution is -2.45. The second-order valence-electron chi connectivity index (χ2n) is 8.58. The van der Waals surface area contributed by atoms with Crippen LogP contribution in [0.3, 0.4) is 0 Å². The van der Waals surface area contributed by atoms with Crippen LogP contribution in [0.1, 0.15) is 44.2 Å². The lowest BCUT2D eigenvalue weighted by atomic mass is 9.80. The molecule has 1 heterocycles. The number of halogens is 1. The van der Waals surface area contributed by atoms with Crippen LogP contribution in [0.25, 0.3) is 0 Å². The zero-order valence-corrected chi connectivity index (χ0v) is 18.6. The molecule has 3 aromatic rings. The highest BCUT2D eigenvalue weighted by molar-refractivity contribution is 6.33. The monoisotopic (exact) mass is 418 g/mol. The van der Waals surface area contributed by atoms with Gasteiger partial charge in [-0.25, -0.2) is 0 Å². The number of rotatable bonds is 4. The van der Waals surface area contributed by atoms with Crippen molar-refractivity contribution < 1.29 is 4.74 Å². The second kappa shape index (κ2) is 8.16. The van der Waals surface area contributed by atoms with Crippen molar-refractivity contribution in [1.82, 2.24) is 0 Å². The minimum Gasteiger partial charge on any atom is -0.457 e. The van der Waals surface area contributed by atoms with Crippen LogP contribution < -0.4 is 9.64 Å². The fraction of sp³-hybridized carbons (Fsp3) is 0.269. The number of anilines is 1. The predicted molar refractivity (Wildman–Crippen MR) is 127 cm³/mol. The molecule has 0 saturated carbocycles. The molecule has 0 fully saturated rings. The number of benzene rings is 3. The highest BCUT2D eigenvalue weighted by Crippen LogP contribution is 2.44. The van der Waals surface area contributed by atoms with E-state index in [4.69, 9.17) is 16.3 Å². The fourth-order valence-corrected chi connectivity index (χ4v) is 4.28. The molecule has 1 aliphatic rings. The fourth-order valence-electron chi connectivity index (χ4n) is 4.07. The summed E-state index contributed by atoms with van der Waals surface area (Å²) in [6.07, 6.45) is 2.96. The molecule has 0 aliphatic carbocycles. The number of fused-ring (bicyclic) bond motifs is 1. The number of nitrogens with zero attached hydrogens (tertiary/aromatic N) is 2. The molecule has 1 aliphatic heterocycles. The van der Waals surface area contributed by atoms with Gasteiger partial charge >= 0.3 is 0 Å². The van der Waals surface area contributed by atoms with Gasteiger partial charge in [-0.1, -0.05) is 36.7 Å². The van der Waals surface area contributed by atoms with Crippen LogP contribution in [0.2, 0.25) is 5.02 Å². The SMILES string of the molecule is C[C@H]1CC(C)(C)N(C)c2cc(Cl)c(C=Nc3ccc(Oc4ccccc4)cc3)cc21. The van der Waals surface area contributed by atoms with E-state index in [0.29, 0.717) is 5.92 Å². The summed E-state index contributed by atoms with van der Waals surface area (Å²) < 4.78 is 5.84. The van der Waals surface area contributed by atoms with E-state index in [0.717, 1.165) is 34.2 Å². The molecule has 0 aromatic heterocycles. The zero-order chi connectivity index (χ0) is 21.3. The van der Waals surface area contributed by atoms with E-state index in [-0.39, 0.29) is 5.54 Å². The quantitative estimate of drug-likeness (QED) is 0.407. The van der Waals surface area contributed by atoms with Gasteiger partial charge < -0.3 is 9.64 Å². The van der Waals surface area contributed by atoms with Crippen molar-refractivity contribution in [1.29, 1.82) is 0 Å². The molecule has 4 heteroatoms. The first-order valence-corrected chi connectivity index (χ1v) is 10.7. The molecule has 0 spiro atoms. The summed E-state index contributed by atoms with van der Waals surface area (Å²) in [5.74, 6) is 2.08. The normalized spacial score (nSPS) is 17.8. The third-order valence-corrected chi connectivity index (χ3v) is 6.25. The Morgan fingerprint density at radius 2 is 1.70 bits per heavy atom. The van der Waals surface area contributed by atoms with Gasteiger partial charge in [-0.05, 0) is 80.3 Å². The smallest absolute Gasteiger partial charge is 0.127 e. The van der Waals surface area contributed by atoms with Crippen molar-refractivity contribution in [2.24, 2.45) is 4.99 Å². The van der Waals surface area contributed by atoms with Crippen LogP contribution in [-0.4, -0.2) is 18.8 Å². The molecule has 3 aromatic carbocycles. The van der Waals surface area contributed by atoms with E-state index in [9.17, 15) is 0 Å². The van der Waals surface area contributed by atoms with Crippen molar-refractivity contribution in [3.05, 3.63) is 82.9 Å². The predicted octanol–water partition coefficient (Wildman–Crippen LogP) is 7.60. The minimum absolute atomic E-state index is 0.120. The van der Waals surface area contributed by atoms with E-state index in [1.807, 2.05) is 60.8 Å². The summed E-state index contributed by atoms with van der Waals surface area (Å²) in [4.78, 5) is 6.96. The Morgan fingerprint density at radius 1 is 1.03 bits per heavy atom. The number of hydrogen-bond donors (Lipinski definition) is 0. The molecule has 0 radical (unpaired) electrons. The highest BCUT2D eigenvalue weighted by Gasteiger charge is 2.34. The minimum atomic E-state index is 0.120. The maximum absolute atomic E-state index is 6.61. The van der Waals surface area contributed by atoms with Crippen LogP contribution in [0.5, 0.6) is 11.5 Å². The number of ether oxygens (including phenoxy) is 1. The Morgan fingerprint density at radius 3 is 2.40 bits per heavy atom. The van der Waals surface area contributed by atoms with E-state index in [1.54, 1.807) is 0 Å². The summed E-state index contributed by atoms with van der Waals surface area (Å²) >= 11 is 6.61. The van der Waals surface area contributed by atoms with Gasteiger partial charge in [0.1, 0.15) is 11.5 Å². The molecule has 3 nitrogen and oxygen atoms in total. The van der Waals surface area contributed by atoms with Crippen molar-refractivity contribution in [3.63, 3.8) is 0 Å². The summed E-state index contributed by atoms with van der Waals surface area (Å²) in [5.41, 5.74) is 4.46. The van der Waals surface area contributed by atoms with Gasteiger partial charge in [0.2, 0.25) is 0 Å². The zero-order valence-electron chi connectivity index (χ0n) is 17.9. The Kier molecular flexibility index (Phi) is 5.57. The lowest BCUT2D eigenvalue weighted by Gasteiger charge is -2.45. The Bertz CT molecular complexity index is 1060. The Hall–Kier alpha value is -2.78. The number of hydrogen-bond acceptors (Lipinski definition) is 3. The Balaban J connectivity index is 1.54. The first-order valence-electron chi connectivity index (χ1n) is 10.3. The summed E-state index contributed by atoms with van der Waals surface area (Å²) in [7, 11) is 2.15. The van der Waals surface area contributed by atoms with E-state index >= 15 is 0 Å². The molecule has 0 N–H and O–H groups in total. The van der Waals surface area contributed by atoms with Crippen LogP contribution in [-0.2, 0) is 0 Å². The van der Waals surface area contributed by atoms with Crippen LogP contribution in [0.15, 0.2) is 71.7 Å². The summed E-state index contributed by atoms with van der Waals surface area (Å²) in [6, 6.07) is 21.7. The number of aliphatic imine (C=N–C) groups is 1. The molecule has 0 unspecified atom stereocenters. The maximum atomic E-state index is 6.61. The molecule has 0 amide bonds.